The molecule has 2 aromatic rings. The summed E-state index contributed by atoms with van der Waals surface area (Å²) in [7, 11) is -0.564. The maximum Gasteiger partial charge on any atom is 0.495 e. The van der Waals surface area contributed by atoms with Gasteiger partial charge < -0.3 is 19.9 Å². The van der Waals surface area contributed by atoms with E-state index < -0.39 is 12.7 Å². The third-order valence-electron chi connectivity index (χ3n) is 5.34. The first kappa shape index (κ1) is 23.5. The molecule has 0 saturated carbocycles. The van der Waals surface area contributed by atoms with Crippen molar-refractivity contribution in [3.63, 3.8) is 0 Å². The summed E-state index contributed by atoms with van der Waals surface area (Å²) in [6.07, 6.45) is 3.49. The van der Waals surface area contributed by atoms with E-state index in [0.717, 1.165) is 23.9 Å². The first-order valence-corrected chi connectivity index (χ1v) is 11.0. The SMILES string of the molecule is CCC(CC)Nc1nc(Nc2cc(C)c(B3OCC(C)(C)O3)c(C(C)=O)c2)ncc1Cl. The van der Waals surface area contributed by atoms with Crippen molar-refractivity contribution in [2.24, 2.45) is 0 Å². The molecule has 0 spiro atoms. The Morgan fingerprint density at radius 1 is 1.32 bits per heavy atom. The molecule has 1 aliphatic heterocycles. The highest BCUT2D eigenvalue weighted by atomic mass is 35.5. The summed E-state index contributed by atoms with van der Waals surface area (Å²) < 4.78 is 11.8. The molecule has 1 aromatic heterocycles. The number of Topliss-reactive ketones (excluding diaryl/α,β-unsaturated/α-hetero) is 1. The molecule has 1 aromatic carbocycles. The molecule has 9 heteroatoms. The largest absolute Gasteiger partial charge is 0.495 e. The number of nitrogens with one attached hydrogen (secondary N) is 2. The lowest BCUT2D eigenvalue weighted by molar-refractivity contribution is 0.101. The van der Waals surface area contributed by atoms with Gasteiger partial charge >= 0.3 is 7.12 Å². The van der Waals surface area contributed by atoms with Gasteiger partial charge in [0.05, 0.1) is 18.4 Å². The van der Waals surface area contributed by atoms with E-state index in [1.54, 1.807) is 19.2 Å². The number of hydrogen-bond acceptors (Lipinski definition) is 7. The Kier molecular flexibility index (Phi) is 7.24. The molecule has 0 amide bonds. The third kappa shape index (κ3) is 5.56. The van der Waals surface area contributed by atoms with Gasteiger partial charge in [-0.15, -0.1) is 0 Å². The fourth-order valence-corrected chi connectivity index (χ4v) is 3.74. The van der Waals surface area contributed by atoms with Crippen LogP contribution in [0.4, 0.5) is 17.5 Å². The second-order valence-corrected chi connectivity index (χ2v) is 8.91. The van der Waals surface area contributed by atoms with Crippen LogP contribution in [0, 0.1) is 6.92 Å². The monoisotopic (exact) mass is 444 g/mol. The Morgan fingerprint density at radius 2 is 2.03 bits per heavy atom. The van der Waals surface area contributed by atoms with Crippen LogP contribution in [0.1, 0.15) is 63.4 Å². The summed E-state index contributed by atoms with van der Waals surface area (Å²) in [6, 6.07) is 4.00. The molecule has 2 N–H and O–H groups in total. The minimum Gasteiger partial charge on any atom is -0.404 e. The van der Waals surface area contributed by atoms with Crippen molar-refractivity contribution in [1.29, 1.82) is 0 Å². The molecular weight excluding hydrogens is 415 g/mol. The highest BCUT2D eigenvalue weighted by Crippen LogP contribution is 2.26. The molecule has 0 atom stereocenters. The summed E-state index contributed by atoms with van der Waals surface area (Å²) in [5.41, 5.74) is 2.52. The maximum atomic E-state index is 12.4. The molecule has 0 aliphatic carbocycles. The first-order valence-electron chi connectivity index (χ1n) is 10.6. The summed E-state index contributed by atoms with van der Waals surface area (Å²) in [5.74, 6) is 0.920. The third-order valence-corrected chi connectivity index (χ3v) is 5.61. The molecule has 0 unspecified atom stereocenters. The van der Waals surface area contributed by atoms with Gasteiger partial charge in [0, 0.05) is 17.3 Å². The number of rotatable bonds is 8. The summed E-state index contributed by atoms with van der Waals surface area (Å²) in [6.45, 7) is 12.1. The van der Waals surface area contributed by atoms with Crippen LogP contribution in [0.15, 0.2) is 18.3 Å². The van der Waals surface area contributed by atoms with Crippen LogP contribution in [0.5, 0.6) is 0 Å². The average Bonchev–Trinajstić information content (AvgIpc) is 3.07. The number of nitrogens with zero attached hydrogens (tertiary/aromatic N) is 2. The van der Waals surface area contributed by atoms with Crippen molar-refractivity contribution >= 4 is 47.4 Å². The van der Waals surface area contributed by atoms with Crippen LogP contribution in [-0.4, -0.2) is 41.1 Å². The standard InChI is InChI=1S/C22H30BClN4O3/c1-7-15(8-2)26-20-18(24)11-25-21(28-20)27-16-9-13(3)19(17(10-16)14(4)29)23-30-12-22(5,6)31-23/h9-11,15H,7-8,12H2,1-6H3,(H2,25,26,27,28). The van der Waals surface area contributed by atoms with Crippen molar-refractivity contribution in [2.45, 2.75) is 66.0 Å². The zero-order valence-corrected chi connectivity index (χ0v) is 19.8. The van der Waals surface area contributed by atoms with E-state index in [9.17, 15) is 4.79 Å². The minimum atomic E-state index is -0.564. The number of carbonyl (C=O) groups is 1. The lowest BCUT2D eigenvalue weighted by Crippen LogP contribution is -2.39. The van der Waals surface area contributed by atoms with E-state index >= 15 is 0 Å². The molecule has 31 heavy (non-hydrogen) atoms. The lowest BCUT2D eigenvalue weighted by atomic mass is 9.72. The van der Waals surface area contributed by atoms with Crippen molar-refractivity contribution in [1.82, 2.24) is 9.97 Å². The maximum absolute atomic E-state index is 12.4. The average molecular weight is 445 g/mol. The first-order chi connectivity index (χ1) is 14.6. The van der Waals surface area contributed by atoms with Crippen molar-refractivity contribution in [3.8, 4) is 0 Å². The zero-order chi connectivity index (χ0) is 22.8. The van der Waals surface area contributed by atoms with E-state index in [-0.39, 0.29) is 11.8 Å². The Morgan fingerprint density at radius 3 is 2.61 bits per heavy atom. The van der Waals surface area contributed by atoms with E-state index in [1.165, 1.54) is 0 Å². The summed E-state index contributed by atoms with van der Waals surface area (Å²) >= 11 is 6.28. The molecule has 1 aliphatic rings. The van der Waals surface area contributed by atoms with Gasteiger partial charge in [-0.05, 0) is 63.7 Å². The fraction of sp³-hybridized carbons (Fsp3) is 0.500. The molecule has 2 heterocycles. The summed E-state index contributed by atoms with van der Waals surface area (Å²) in [4.78, 5) is 21.2. The molecule has 3 rings (SSSR count). The predicted molar refractivity (Wildman–Crippen MR) is 126 cm³/mol. The van der Waals surface area contributed by atoms with E-state index in [2.05, 4.69) is 34.4 Å². The highest BCUT2D eigenvalue weighted by molar-refractivity contribution is 6.64. The van der Waals surface area contributed by atoms with Gasteiger partial charge in [0.25, 0.3) is 0 Å². The fourth-order valence-electron chi connectivity index (χ4n) is 3.59. The van der Waals surface area contributed by atoms with E-state index in [0.29, 0.717) is 34.6 Å². The van der Waals surface area contributed by atoms with Gasteiger partial charge in [0.15, 0.2) is 11.6 Å². The zero-order valence-electron chi connectivity index (χ0n) is 19.0. The quantitative estimate of drug-likeness (QED) is 0.458. The number of carbonyl (C=O) groups excluding carboxylic acids is 1. The molecule has 166 valence electrons. The van der Waals surface area contributed by atoms with Gasteiger partial charge in [0.2, 0.25) is 5.95 Å². The smallest absolute Gasteiger partial charge is 0.404 e. The molecule has 0 radical (unpaired) electrons. The predicted octanol–water partition coefficient (Wildman–Crippen LogP) is 4.51. The number of halogens is 1. The second-order valence-electron chi connectivity index (χ2n) is 8.50. The molecule has 1 saturated heterocycles. The van der Waals surface area contributed by atoms with Crippen molar-refractivity contribution in [3.05, 3.63) is 34.5 Å². The van der Waals surface area contributed by atoms with E-state index in [1.807, 2.05) is 26.8 Å². The Hall–Kier alpha value is -2.16. The van der Waals surface area contributed by atoms with Crippen molar-refractivity contribution < 1.29 is 14.1 Å². The molecule has 1 fully saturated rings. The van der Waals surface area contributed by atoms with Gasteiger partial charge in [0.1, 0.15) is 5.02 Å². The van der Waals surface area contributed by atoms with Gasteiger partial charge in [-0.25, -0.2) is 4.98 Å². The van der Waals surface area contributed by atoms with Gasteiger partial charge in [-0.1, -0.05) is 25.4 Å². The van der Waals surface area contributed by atoms with Crippen LogP contribution < -0.4 is 16.1 Å². The Balaban J connectivity index is 1.90. The van der Waals surface area contributed by atoms with Gasteiger partial charge in [-0.2, -0.15) is 4.98 Å². The van der Waals surface area contributed by atoms with Crippen LogP contribution in [0.3, 0.4) is 0 Å². The van der Waals surface area contributed by atoms with Crippen LogP contribution >= 0.6 is 11.6 Å². The molecule has 7 nitrogen and oxygen atoms in total. The minimum absolute atomic E-state index is 0.0632. The summed E-state index contributed by atoms with van der Waals surface area (Å²) in [5, 5.41) is 7.02. The normalized spacial score (nSPS) is 15.4. The number of anilines is 3. The number of hydrogen-bond donors (Lipinski definition) is 2. The van der Waals surface area contributed by atoms with Gasteiger partial charge in [-0.3, -0.25) is 4.79 Å². The number of aryl methyl sites for hydroxylation is 1. The van der Waals surface area contributed by atoms with Crippen molar-refractivity contribution in [2.75, 3.05) is 17.2 Å². The number of ketones is 1. The highest BCUT2D eigenvalue weighted by Gasteiger charge is 2.40. The number of benzene rings is 1. The molecular formula is C22H30BClN4O3. The van der Waals surface area contributed by atoms with Crippen LogP contribution in [0.25, 0.3) is 0 Å². The van der Waals surface area contributed by atoms with Crippen LogP contribution in [-0.2, 0) is 9.31 Å². The van der Waals surface area contributed by atoms with E-state index in [4.69, 9.17) is 20.9 Å². The number of aromatic nitrogens is 2. The Bertz CT molecular complexity index is 966. The molecule has 0 bridgehead atoms. The Labute approximate surface area is 189 Å². The lowest BCUT2D eigenvalue weighted by Gasteiger charge is -2.19. The van der Waals surface area contributed by atoms with Crippen LogP contribution in [0.2, 0.25) is 5.02 Å². The topological polar surface area (TPSA) is 85.4 Å². The second kappa shape index (κ2) is 9.55.